The van der Waals surface area contributed by atoms with Crippen LogP contribution in [0.4, 0.5) is 0 Å². The molecule has 15 heavy (non-hydrogen) atoms. The molecule has 0 unspecified atom stereocenters. The highest BCUT2D eigenvalue weighted by Gasteiger charge is 2.01. The van der Waals surface area contributed by atoms with Gasteiger partial charge in [0.05, 0.1) is 5.52 Å². The predicted molar refractivity (Wildman–Crippen MR) is 59.0 cm³/mol. The van der Waals surface area contributed by atoms with Gasteiger partial charge in [0.2, 0.25) is 0 Å². The third-order valence-electron chi connectivity index (χ3n) is 2.37. The third-order valence-corrected chi connectivity index (χ3v) is 2.37. The van der Waals surface area contributed by atoms with Gasteiger partial charge in [-0.3, -0.25) is 4.79 Å². The molecule has 0 aliphatic rings. The molecule has 0 aliphatic heterocycles. The summed E-state index contributed by atoms with van der Waals surface area (Å²) in [5.74, 6) is 0. The molecule has 0 N–H and O–H groups in total. The molecule has 0 amide bonds. The minimum absolute atomic E-state index is 0.556. The van der Waals surface area contributed by atoms with Crippen LogP contribution in [0.3, 0.4) is 0 Å². The Hall–Kier alpha value is -1.61. The number of aldehydes is 1. The van der Waals surface area contributed by atoms with Crippen molar-refractivity contribution in [1.82, 2.24) is 4.57 Å². The van der Waals surface area contributed by atoms with E-state index in [1.165, 1.54) is 0 Å². The number of carbonyl (C=O) groups excluding carboxylic acids is 1. The van der Waals surface area contributed by atoms with Gasteiger partial charge in [0.25, 0.3) is 0 Å². The van der Waals surface area contributed by atoms with Crippen molar-refractivity contribution >= 4 is 17.2 Å². The van der Waals surface area contributed by atoms with Crippen molar-refractivity contribution in [3.8, 4) is 0 Å². The lowest BCUT2D eigenvalue weighted by Crippen LogP contribution is -2.00. The fourth-order valence-corrected chi connectivity index (χ4v) is 1.59. The molecule has 1 heterocycles. The number of benzene rings is 1. The van der Waals surface area contributed by atoms with Gasteiger partial charge in [-0.1, -0.05) is 0 Å². The number of fused-ring (bicyclic) bond motifs is 1. The van der Waals surface area contributed by atoms with Gasteiger partial charge in [-0.15, -0.1) is 0 Å². The van der Waals surface area contributed by atoms with E-state index in [1.54, 1.807) is 0 Å². The van der Waals surface area contributed by atoms with Gasteiger partial charge < -0.3 is 9.30 Å². The van der Waals surface area contributed by atoms with Gasteiger partial charge in [-0.2, -0.15) is 0 Å². The lowest BCUT2D eigenvalue weighted by atomic mass is 10.2. The smallest absolute Gasteiger partial charge is 0.150 e. The molecule has 0 atom stereocenters. The Labute approximate surface area is 88.3 Å². The topological polar surface area (TPSA) is 31.2 Å². The number of carbonyl (C=O) groups is 1. The quantitative estimate of drug-likeness (QED) is 0.715. The summed E-state index contributed by atoms with van der Waals surface area (Å²) >= 11 is 0. The van der Waals surface area contributed by atoms with Gasteiger partial charge in [0.15, 0.2) is 0 Å². The molecule has 0 aliphatic carbocycles. The first-order chi connectivity index (χ1) is 7.35. The molecule has 2 aromatic rings. The molecule has 3 nitrogen and oxygen atoms in total. The van der Waals surface area contributed by atoms with E-state index < -0.39 is 0 Å². The second-order valence-electron chi connectivity index (χ2n) is 3.34. The minimum Gasteiger partial charge on any atom is -0.361 e. The molecule has 0 saturated heterocycles. The average molecular weight is 203 g/mol. The van der Waals surface area contributed by atoms with Gasteiger partial charge in [-0.05, 0) is 31.2 Å². The van der Waals surface area contributed by atoms with Crippen molar-refractivity contribution in [3.63, 3.8) is 0 Å². The maximum Gasteiger partial charge on any atom is 0.150 e. The minimum atomic E-state index is 0.556. The number of aromatic nitrogens is 1. The summed E-state index contributed by atoms with van der Waals surface area (Å²) in [6.45, 7) is 3.22. The zero-order chi connectivity index (χ0) is 10.7. The van der Waals surface area contributed by atoms with Gasteiger partial charge in [0.1, 0.15) is 13.0 Å². The van der Waals surface area contributed by atoms with E-state index in [1.807, 2.05) is 42.0 Å². The lowest BCUT2D eigenvalue weighted by molar-refractivity contribution is 0.0909. The molecule has 2 rings (SSSR count). The summed E-state index contributed by atoms with van der Waals surface area (Å²) in [4.78, 5) is 10.6. The van der Waals surface area contributed by atoms with Crippen LogP contribution in [-0.2, 0) is 11.5 Å². The summed E-state index contributed by atoms with van der Waals surface area (Å²) in [7, 11) is 0. The summed E-state index contributed by atoms with van der Waals surface area (Å²) in [5.41, 5.74) is 1.80. The van der Waals surface area contributed by atoms with Crippen molar-refractivity contribution < 1.29 is 9.53 Å². The first kappa shape index (κ1) is 9.93. The first-order valence-corrected chi connectivity index (χ1v) is 4.97. The van der Waals surface area contributed by atoms with Crippen LogP contribution >= 0.6 is 0 Å². The zero-order valence-electron chi connectivity index (χ0n) is 8.64. The molecule has 3 heteroatoms. The van der Waals surface area contributed by atoms with Crippen molar-refractivity contribution in [3.05, 3.63) is 36.0 Å². The molecular formula is C12H13NO2. The molecule has 0 fully saturated rings. The SMILES string of the molecule is CCOCn1ccc2cc(C=O)ccc21. The molecule has 0 radical (unpaired) electrons. The van der Waals surface area contributed by atoms with E-state index >= 15 is 0 Å². The van der Waals surface area contributed by atoms with Crippen LogP contribution in [0.1, 0.15) is 17.3 Å². The number of ether oxygens (including phenoxy) is 1. The second kappa shape index (κ2) is 4.28. The van der Waals surface area contributed by atoms with Crippen LogP contribution < -0.4 is 0 Å². The molecular weight excluding hydrogens is 190 g/mol. The van der Waals surface area contributed by atoms with Gasteiger partial charge in [-0.25, -0.2) is 0 Å². The van der Waals surface area contributed by atoms with E-state index in [9.17, 15) is 4.79 Å². The monoisotopic (exact) mass is 203 g/mol. The summed E-state index contributed by atoms with van der Waals surface area (Å²) < 4.78 is 7.36. The zero-order valence-corrected chi connectivity index (χ0v) is 8.64. The molecule has 0 bridgehead atoms. The van der Waals surface area contributed by atoms with Crippen LogP contribution in [0.25, 0.3) is 10.9 Å². The fourth-order valence-electron chi connectivity index (χ4n) is 1.59. The van der Waals surface area contributed by atoms with Crippen LogP contribution in [-0.4, -0.2) is 17.5 Å². The van der Waals surface area contributed by atoms with E-state index in [0.29, 0.717) is 18.9 Å². The molecule has 0 spiro atoms. The summed E-state index contributed by atoms with van der Waals surface area (Å²) in [5, 5.41) is 1.07. The average Bonchev–Trinajstić information content (AvgIpc) is 2.68. The number of hydrogen-bond donors (Lipinski definition) is 0. The number of rotatable bonds is 4. The van der Waals surface area contributed by atoms with Crippen molar-refractivity contribution in [1.29, 1.82) is 0 Å². The second-order valence-corrected chi connectivity index (χ2v) is 3.34. The van der Waals surface area contributed by atoms with E-state index in [-0.39, 0.29) is 0 Å². The molecule has 78 valence electrons. The Kier molecular flexibility index (Phi) is 2.83. The summed E-state index contributed by atoms with van der Waals surface area (Å²) in [6, 6.07) is 7.63. The maximum absolute atomic E-state index is 10.6. The van der Waals surface area contributed by atoms with Gasteiger partial charge >= 0.3 is 0 Å². The van der Waals surface area contributed by atoms with Crippen LogP contribution in [0.15, 0.2) is 30.5 Å². The van der Waals surface area contributed by atoms with E-state index in [0.717, 1.165) is 17.2 Å². The maximum atomic E-state index is 10.6. The first-order valence-electron chi connectivity index (χ1n) is 4.97. The highest BCUT2D eigenvalue weighted by molar-refractivity contribution is 5.87. The Bertz CT molecular complexity index is 473. The molecule has 0 saturated carbocycles. The van der Waals surface area contributed by atoms with E-state index in [2.05, 4.69) is 0 Å². The predicted octanol–water partition coefficient (Wildman–Crippen LogP) is 2.45. The molecule has 1 aromatic carbocycles. The van der Waals surface area contributed by atoms with Crippen molar-refractivity contribution in [2.75, 3.05) is 6.61 Å². The lowest BCUT2D eigenvalue weighted by Gasteiger charge is -2.04. The van der Waals surface area contributed by atoms with Crippen LogP contribution in [0.5, 0.6) is 0 Å². The van der Waals surface area contributed by atoms with Crippen molar-refractivity contribution in [2.45, 2.75) is 13.7 Å². The molecule has 1 aromatic heterocycles. The Morgan fingerprint density at radius 2 is 2.27 bits per heavy atom. The fraction of sp³-hybridized carbons (Fsp3) is 0.250. The largest absolute Gasteiger partial charge is 0.361 e. The normalized spacial score (nSPS) is 10.7. The highest BCUT2D eigenvalue weighted by atomic mass is 16.5. The standard InChI is InChI=1S/C12H13NO2/c1-2-15-9-13-6-5-11-7-10(8-14)3-4-12(11)13/h3-8H,2,9H2,1H3. The van der Waals surface area contributed by atoms with Crippen molar-refractivity contribution in [2.24, 2.45) is 0 Å². The Morgan fingerprint density at radius 3 is 3.00 bits per heavy atom. The number of hydrogen-bond acceptors (Lipinski definition) is 2. The third kappa shape index (κ3) is 1.92. The highest BCUT2D eigenvalue weighted by Crippen LogP contribution is 2.16. The number of nitrogens with zero attached hydrogens (tertiary/aromatic N) is 1. The Morgan fingerprint density at radius 1 is 1.40 bits per heavy atom. The van der Waals surface area contributed by atoms with Crippen LogP contribution in [0, 0.1) is 0 Å². The van der Waals surface area contributed by atoms with Crippen LogP contribution in [0.2, 0.25) is 0 Å². The Balaban J connectivity index is 2.38. The van der Waals surface area contributed by atoms with E-state index in [4.69, 9.17) is 4.74 Å². The van der Waals surface area contributed by atoms with Gasteiger partial charge in [0, 0.05) is 23.8 Å². The summed E-state index contributed by atoms with van der Waals surface area (Å²) in [6.07, 6.45) is 2.83.